The first kappa shape index (κ1) is 27.9. The standard InChI is InChI=1S/C22H26N6O5S.ClH/c1-13-18(21(31)32-11-4-3-9-23)34-22(25-13)27-17(29)8-10-24-20(30)16-7-5-6-15(12-16)19-26-14(2)33-28-19;/h5-7,12H,3-4,8-11,23H2,1-2H3,(H,24,30)(H,25,27,29);1H. The second-order valence-electron chi connectivity index (χ2n) is 7.34. The van der Waals surface area contributed by atoms with Gasteiger partial charge in [0.1, 0.15) is 4.88 Å². The van der Waals surface area contributed by atoms with Crippen LogP contribution in [0.15, 0.2) is 28.8 Å². The minimum absolute atomic E-state index is 0. The molecule has 2 heterocycles. The number of rotatable bonds is 11. The number of carbonyl (C=O) groups excluding carboxylic acids is 3. The molecule has 2 amide bonds. The van der Waals surface area contributed by atoms with E-state index in [2.05, 4.69) is 25.8 Å². The summed E-state index contributed by atoms with van der Waals surface area (Å²) in [5, 5.41) is 9.49. The molecule has 0 bridgehead atoms. The van der Waals surface area contributed by atoms with Gasteiger partial charge < -0.3 is 25.6 Å². The molecule has 3 aromatic rings. The fourth-order valence-electron chi connectivity index (χ4n) is 2.91. The number of aromatic nitrogens is 3. The van der Waals surface area contributed by atoms with Crippen molar-refractivity contribution in [3.8, 4) is 11.4 Å². The minimum atomic E-state index is -0.474. The molecule has 35 heavy (non-hydrogen) atoms. The van der Waals surface area contributed by atoms with Gasteiger partial charge in [-0.3, -0.25) is 9.59 Å². The molecule has 13 heteroatoms. The van der Waals surface area contributed by atoms with Gasteiger partial charge in [0.25, 0.3) is 5.91 Å². The molecule has 0 unspecified atom stereocenters. The van der Waals surface area contributed by atoms with E-state index in [1.165, 1.54) is 0 Å². The Morgan fingerprint density at radius 2 is 1.97 bits per heavy atom. The van der Waals surface area contributed by atoms with Crippen molar-refractivity contribution in [1.29, 1.82) is 0 Å². The zero-order valence-electron chi connectivity index (χ0n) is 19.3. The molecule has 0 fully saturated rings. The summed E-state index contributed by atoms with van der Waals surface area (Å²) in [6.45, 7) is 4.30. The van der Waals surface area contributed by atoms with Crippen LogP contribution in [0.4, 0.5) is 5.13 Å². The second kappa shape index (κ2) is 13.5. The van der Waals surface area contributed by atoms with Gasteiger partial charge in [0, 0.05) is 31.0 Å². The van der Waals surface area contributed by atoms with Crippen molar-refractivity contribution >= 4 is 46.7 Å². The van der Waals surface area contributed by atoms with Gasteiger partial charge in [0.05, 0.1) is 12.3 Å². The van der Waals surface area contributed by atoms with Crippen molar-refractivity contribution in [2.75, 3.05) is 25.0 Å². The molecule has 1 aromatic carbocycles. The second-order valence-corrected chi connectivity index (χ2v) is 8.34. The quantitative estimate of drug-likeness (QED) is 0.254. The zero-order valence-corrected chi connectivity index (χ0v) is 21.0. The Bertz CT molecular complexity index is 1160. The first-order chi connectivity index (χ1) is 16.4. The molecule has 11 nitrogen and oxygen atoms in total. The summed E-state index contributed by atoms with van der Waals surface area (Å²) in [4.78, 5) is 45.6. The molecule has 0 atom stereocenters. The maximum absolute atomic E-state index is 12.4. The van der Waals surface area contributed by atoms with Gasteiger partial charge in [0.2, 0.25) is 17.6 Å². The van der Waals surface area contributed by atoms with Crippen LogP contribution in [0.2, 0.25) is 0 Å². The van der Waals surface area contributed by atoms with Crippen molar-refractivity contribution in [1.82, 2.24) is 20.4 Å². The Morgan fingerprint density at radius 3 is 2.69 bits per heavy atom. The lowest BCUT2D eigenvalue weighted by Crippen LogP contribution is -2.27. The monoisotopic (exact) mass is 522 g/mol. The van der Waals surface area contributed by atoms with Crippen molar-refractivity contribution in [3.05, 3.63) is 46.3 Å². The Hall–Kier alpha value is -3.35. The molecule has 3 rings (SSSR count). The number of benzene rings is 1. The number of nitrogens with zero attached hydrogens (tertiary/aromatic N) is 3. The highest BCUT2D eigenvalue weighted by Gasteiger charge is 2.18. The van der Waals surface area contributed by atoms with Crippen molar-refractivity contribution in [3.63, 3.8) is 0 Å². The third-order valence-electron chi connectivity index (χ3n) is 4.61. The van der Waals surface area contributed by atoms with E-state index in [0.29, 0.717) is 51.5 Å². The van der Waals surface area contributed by atoms with Crippen LogP contribution in [0.1, 0.15) is 50.9 Å². The number of hydrogen-bond donors (Lipinski definition) is 3. The van der Waals surface area contributed by atoms with E-state index in [4.69, 9.17) is 15.0 Å². The molecule has 0 radical (unpaired) electrons. The summed E-state index contributed by atoms with van der Waals surface area (Å²) in [5.41, 5.74) is 6.96. The molecule has 0 saturated carbocycles. The lowest BCUT2D eigenvalue weighted by atomic mass is 10.1. The van der Waals surface area contributed by atoms with Crippen LogP contribution in [-0.4, -0.2) is 52.6 Å². The topological polar surface area (TPSA) is 162 Å². The number of hydrogen-bond acceptors (Lipinski definition) is 10. The Labute approximate surface area is 212 Å². The SMILES string of the molecule is Cc1nc(-c2cccc(C(=O)NCCC(=O)Nc3nc(C)c(C(=O)OCCCCN)s3)c2)no1.Cl. The van der Waals surface area contributed by atoms with Crippen LogP contribution in [-0.2, 0) is 9.53 Å². The summed E-state index contributed by atoms with van der Waals surface area (Å²) in [6, 6.07) is 6.79. The number of halogens is 1. The van der Waals surface area contributed by atoms with Crippen molar-refractivity contribution in [2.24, 2.45) is 5.73 Å². The first-order valence-corrected chi connectivity index (χ1v) is 11.5. The van der Waals surface area contributed by atoms with Gasteiger partial charge in [-0.15, -0.1) is 12.4 Å². The third-order valence-corrected chi connectivity index (χ3v) is 5.66. The fourth-order valence-corrected chi connectivity index (χ4v) is 3.78. The van der Waals surface area contributed by atoms with E-state index in [1.54, 1.807) is 38.1 Å². The summed E-state index contributed by atoms with van der Waals surface area (Å²) in [6.07, 6.45) is 1.50. The third kappa shape index (κ3) is 8.12. The predicted octanol–water partition coefficient (Wildman–Crippen LogP) is 2.89. The van der Waals surface area contributed by atoms with Crippen LogP contribution in [0.5, 0.6) is 0 Å². The Balaban J connectivity index is 0.00000432. The molecule has 0 saturated heterocycles. The molecule has 188 valence electrons. The van der Waals surface area contributed by atoms with Crippen molar-refractivity contribution < 1.29 is 23.6 Å². The molecular weight excluding hydrogens is 496 g/mol. The molecule has 0 aliphatic heterocycles. The van der Waals surface area contributed by atoms with Crippen molar-refractivity contribution in [2.45, 2.75) is 33.1 Å². The zero-order chi connectivity index (χ0) is 24.5. The smallest absolute Gasteiger partial charge is 0.350 e. The maximum Gasteiger partial charge on any atom is 0.350 e. The highest BCUT2D eigenvalue weighted by atomic mass is 35.5. The van der Waals surface area contributed by atoms with Gasteiger partial charge in [-0.2, -0.15) is 4.98 Å². The molecular formula is C22H27ClN6O5S. The molecule has 0 aliphatic carbocycles. The van der Waals surface area contributed by atoms with Crippen LogP contribution >= 0.6 is 23.7 Å². The van der Waals surface area contributed by atoms with Gasteiger partial charge in [0.15, 0.2) is 5.13 Å². The number of esters is 1. The predicted molar refractivity (Wildman–Crippen MR) is 133 cm³/mol. The molecule has 2 aromatic heterocycles. The molecule has 0 aliphatic rings. The average Bonchev–Trinajstić information content (AvgIpc) is 3.41. The summed E-state index contributed by atoms with van der Waals surface area (Å²) in [7, 11) is 0. The van der Waals surface area contributed by atoms with Gasteiger partial charge in [-0.1, -0.05) is 28.6 Å². The van der Waals surface area contributed by atoms with E-state index in [-0.39, 0.29) is 43.8 Å². The normalized spacial score (nSPS) is 10.4. The van der Waals surface area contributed by atoms with Gasteiger partial charge >= 0.3 is 5.97 Å². The van der Waals surface area contributed by atoms with E-state index in [9.17, 15) is 14.4 Å². The fraction of sp³-hybridized carbons (Fsp3) is 0.364. The number of nitrogens with two attached hydrogens (primary N) is 1. The number of carbonyl (C=O) groups is 3. The number of thiazole rings is 1. The van der Waals surface area contributed by atoms with E-state index < -0.39 is 5.97 Å². The number of aryl methyl sites for hydroxylation is 2. The van der Waals surface area contributed by atoms with Gasteiger partial charge in [-0.05, 0) is 38.4 Å². The number of amides is 2. The van der Waals surface area contributed by atoms with Crippen LogP contribution in [0.25, 0.3) is 11.4 Å². The Morgan fingerprint density at radius 1 is 1.17 bits per heavy atom. The number of ether oxygens (including phenoxy) is 1. The van der Waals surface area contributed by atoms with E-state index in [0.717, 1.165) is 17.8 Å². The summed E-state index contributed by atoms with van der Waals surface area (Å²) in [5.74, 6) is -0.326. The largest absolute Gasteiger partial charge is 0.461 e. The van der Waals surface area contributed by atoms with Crippen LogP contribution < -0.4 is 16.4 Å². The van der Waals surface area contributed by atoms with Crippen LogP contribution in [0.3, 0.4) is 0 Å². The Kier molecular flexibility index (Phi) is 10.8. The molecule has 4 N–H and O–H groups in total. The molecule has 0 spiro atoms. The summed E-state index contributed by atoms with van der Waals surface area (Å²) < 4.78 is 10.2. The lowest BCUT2D eigenvalue weighted by Gasteiger charge is -2.06. The number of unbranched alkanes of at least 4 members (excludes halogenated alkanes) is 1. The highest BCUT2D eigenvalue weighted by molar-refractivity contribution is 7.17. The minimum Gasteiger partial charge on any atom is -0.461 e. The highest BCUT2D eigenvalue weighted by Crippen LogP contribution is 2.23. The average molecular weight is 523 g/mol. The van der Waals surface area contributed by atoms with E-state index in [1.807, 2.05) is 0 Å². The van der Waals surface area contributed by atoms with Crippen LogP contribution in [0, 0.1) is 13.8 Å². The van der Waals surface area contributed by atoms with Gasteiger partial charge in [-0.25, -0.2) is 9.78 Å². The first-order valence-electron chi connectivity index (χ1n) is 10.7. The number of anilines is 1. The maximum atomic E-state index is 12.4. The number of nitrogens with one attached hydrogen (secondary N) is 2. The summed E-state index contributed by atoms with van der Waals surface area (Å²) >= 11 is 1.05. The van der Waals surface area contributed by atoms with E-state index >= 15 is 0 Å². The lowest BCUT2D eigenvalue weighted by molar-refractivity contribution is -0.116.